The summed E-state index contributed by atoms with van der Waals surface area (Å²) in [5.41, 5.74) is 0. The van der Waals surface area contributed by atoms with E-state index in [4.69, 9.17) is 4.74 Å². The van der Waals surface area contributed by atoms with Crippen LogP contribution < -0.4 is 0 Å². The van der Waals surface area contributed by atoms with Crippen LogP contribution in [0.2, 0.25) is 0 Å². The van der Waals surface area contributed by atoms with Crippen molar-refractivity contribution in [2.24, 2.45) is 0 Å². The molecule has 16 heavy (non-hydrogen) atoms. The van der Waals surface area contributed by atoms with Gasteiger partial charge in [0.25, 0.3) is 0 Å². The van der Waals surface area contributed by atoms with E-state index in [0.717, 1.165) is 19.0 Å². The first-order valence-electron chi connectivity index (χ1n) is 5.44. The fraction of sp³-hybridized carbons (Fsp3) is 0.417. The number of thiophene rings is 1. The predicted octanol–water partition coefficient (Wildman–Crippen LogP) is 3.04. The molecule has 0 aliphatic heterocycles. The highest BCUT2D eigenvalue weighted by Crippen LogP contribution is 2.22. The summed E-state index contributed by atoms with van der Waals surface area (Å²) in [6.07, 6.45) is 4.12. The fourth-order valence-electron chi connectivity index (χ4n) is 1.51. The van der Waals surface area contributed by atoms with E-state index in [-0.39, 0.29) is 6.10 Å². The summed E-state index contributed by atoms with van der Waals surface area (Å²) in [7, 11) is 0. The predicted molar refractivity (Wildman–Crippen MR) is 66.6 cm³/mol. The van der Waals surface area contributed by atoms with Gasteiger partial charge in [-0.05, 0) is 25.3 Å². The van der Waals surface area contributed by atoms with Gasteiger partial charge in [0.1, 0.15) is 5.82 Å². The first kappa shape index (κ1) is 11.4. The molecule has 2 rings (SSSR count). The zero-order chi connectivity index (χ0) is 11.4. The maximum atomic E-state index is 5.54. The molecule has 2 heterocycles. The van der Waals surface area contributed by atoms with Gasteiger partial charge in [-0.3, -0.25) is 0 Å². The van der Waals surface area contributed by atoms with Crippen molar-refractivity contribution in [1.29, 1.82) is 0 Å². The van der Waals surface area contributed by atoms with E-state index in [1.165, 1.54) is 4.88 Å². The summed E-state index contributed by atoms with van der Waals surface area (Å²) in [4.78, 5) is 5.58. The monoisotopic (exact) mass is 236 g/mol. The van der Waals surface area contributed by atoms with Crippen molar-refractivity contribution in [3.8, 4) is 10.7 Å². The SMILES string of the molecule is CC(C)OCCn1ccnc1-c1cccs1. The second-order valence-electron chi connectivity index (χ2n) is 3.84. The van der Waals surface area contributed by atoms with Gasteiger partial charge in [0.05, 0.1) is 17.6 Å². The lowest BCUT2D eigenvalue weighted by Gasteiger charge is -2.09. The molecule has 3 nitrogen and oxygen atoms in total. The van der Waals surface area contributed by atoms with Crippen LogP contribution in [0.4, 0.5) is 0 Å². The molecule has 0 aliphatic carbocycles. The van der Waals surface area contributed by atoms with Gasteiger partial charge in [0.2, 0.25) is 0 Å². The molecule has 0 saturated heterocycles. The van der Waals surface area contributed by atoms with Gasteiger partial charge in [-0.2, -0.15) is 0 Å². The smallest absolute Gasteiger partial charge is 0.150 e. The van der Waals surface area contributed by atoms with Crippen molar-refractivity contribution in [3.63, 3.8) is 0 Å². The molecule has 4 heteroatoms. The third-order valence-electron chi connectivity index (χ3n) is 2.24. The van der Waals surface area contributed by atoms with Crippen LogP contribution in [0.3, 0.4) is 0 Å². The highest BCUT2D eigenvalue weighted by molar-refractivity contribution is 7.13. The molecule has 0 radical (unpaired) electrons. The van der Waals surface area contributed by atoms with Gasteiger partial charge in [0.15, 0.2) is 0 Å². The van der Waals surface area contributed by atoms with Crippen LogP contribution in [0.15, 0.2) is 29.9 Å². The number of aromatic nitrogens is 2. The van der Waals surface area contributed by atoms with E-state index in [1.807, 2.05) is 32.3 Å². The zero-order valence-corrected chi connectivity index (χ0v) is 10.4. The van der Waals surface area contributed by atoms with Crippen molar-refractivity contribution in [2.45, 2.75) is 26.5 Å². The van der Waals surface area contributed by atoms with Gasteiger partial charge < -0.3 is 9.30 Å². The quantitative estimate of drug-likeness (QED) is 0.798. The van der Waals surface area contributed by atoms with Gasteiger partial charge in [0, 0.05) is 18.9 Å². The Hall–Kier alpha value is -1.13. The summed E-state index contributed by atoms with van der Waals surface area (Å²) in [5, 5.41) is 2.07. The Kier molecular flexibility index (Phi) is 3.74. The number of nitrogens with zero attached hydrogens (tertiary/aromatic N) is 2. The first-order chi connectivity index (χ1) is 7.77. The minimum absolute atomic E-state index is 0.286. The average Bonchev–Trinajstić information content (AvgIpc) is 2.84. The minimum Gasteiger partial charge on any atom is -0.377 e. The fourth-order valence-corrected chi connectivity index (χ4v) is 2.24. The van der Waals surface area contributed by atoms with E-state index in [2.05, 4.69) is 21.0 Å². The topological polar surface area (TPSA) is 27.1 Å². The van der Waals surface area contributed by atoms with Crippen LogP contribution in [0.5, 0.6) is 0 Å². The van der Waals surface area contributed by atoms with Gasteiger partial charge >= 0.3 is 0 Å². The molecule has 2 aromatic rings. The third kappa shape index (κ3) is 2.71. The summed E-state index contributed by atoms with van der Waals surface area (Å²) in [5.74, 6) is 1.03. The second kappa shape index (κ2) is 5.27. The Bertz CT molecular complexity index is 420. The van der Waals surface area contributed by atoms with Crippen LogP contribution >= 0.6 is 11.3 Å². The molecular formula is C12H16N2OS. The number of ether oxygens (including phenoxy) is 1. The Morgan fingerprint density at radius 1 is 1.50 bits per heavy atom. The van der Waals surface area contributed by atoms with Crippen molar-refractivity contribution in [2.75, 3.05) is 6.61 Å². The largest absolute Gasteiger partial charge is 0.377 e. The van der Waals surface area contributed by atoms with Crippen molar-refractivity contribution in [3.05, 3.63) is 29.9 Å². The Labute approximate surface area is 99.7 Å². The lowest BCUT2D eigenvalue weighted by Crippen LogP contribution is -2.10. The van der Waals surface area contributed by atoms with E-state index in [9.17, 15) is 0 Å². The molecular weight excluding hydrogens is 220 g/mol. The maximum Gasteiger partial charge on any atom is 0.150 e. The molecule has 0 N–H and O–H groups in total. The maximum absolute atomic E-state index is 5.54. The van der Waals surface area contributed by atoms with Crippen LogP contribution in [0.1, 0.15) is 13.8 Å². The first-order valence-corrected chi connectivity index (χ1v) is 6.32. The van der Waals surface area contributed by atoms with Crippen LogP contribution in [0.25, 0.3) is 10.7 Å². The molecule has 2 aromatic heterocycles. The zero-order valence-electron chi connectivity index (χ0n) is 9.59. The Morgan fingerprint density at radius 2 is 2.38 bits per heavy atom. The highest BCUT2D eigenvalue weighted by atomic mass is 32.1. The lowest BCUT2D eigenvalue weighted by molar-refractivity contribution is 0.0730. The van der Waals surface area contributed by atoms with Crippen molar-refractivity contribution < 1.29 is 4.74 Å². The summed E-state index contributed by atoms with van der Waals surface area (Å²) >= 11 is 1.71. The molecule has 0 aromatic carbocycles. The van der Waals surface area contributed by atoms with Crippen molar-refractivity contribution in [1.82, 2.24) is 9.55 Å². The van der Waals surface area contributed by atoms with Gasteiger partial charge in [-0.15, -0.1) is 11.3 Å². The van der Waals surface area contributed by atoms with E-state index in [0.29, 0.717) is 0 Å². The van der Waals surface area contributed by atoms with Crippen molar-refractivity contribution >= 4 is 11.3 Å². The molecule has 0 bridgehead atoms. The Balaban J connectivity index is 2.03. The molecule has 86 valence electrons. The molecule has 0 amide bonds. The number of hydrogen-bond acceptors (Lipinski definition) is 3. The molecule has 0 aliphatic rings. The van der Waals surface area contributed by atoms with E-state index < -0.39 is 0 Å². The van der Waals surface area contributed by atoms with Crippen LogP contribution in [-0.2, 0) is 11.3 Å². The number of rotatable bonds is 5. The minimum atomic E-state index is 0.286. The Morgan fingerprint density at radius 3 is 3.06 bits per heavy atom. The normalized spacial score (nSPS) is 11.2. The summed E-state index contributed by atoms with van der Waals surface area (Å²) in [6, 6.07) is 4.14. The summed E-state index contributed by atoms with van der Waals surface area (Å²) in [6.45, 7) is 5.68. The highest BCUT2D eigenvalue weighted by Gasteiger charge is 2.06. The van der Waals surface area contributed by atoms with Gasteiger partial charge in [-0.1, -0.05) is 6.07 Å². The second-order valence-corrected chi connectivity index (χ2v) is 4.79. The number of hydrogen-bond donors (Lipinski definition) is 0. The molecule has 0 spiro atoms. The van der Waals surface area contributed by atoms with E-state index >= 15 is 0 Å². The van der Waals surface area contributed by atoms with Gasteiger partial charge in [-0.25, -0.2) is 4.98 Å². The molecule has 0 atom stereocenters. The van der Waals surface area contributed by atoms with Crippen LogP contribution in [-0.4, -0.2) is 22.3 Å². The van der Waals surface area contributed by atoms with Crippen LogP contribution in [0, 0.1) is 0 Å². The third-order valence-corrected chi connectivity index (χ3v) is 3.11. The average molecular weight is 236 g/mol. The summed E-state index contributed by atoms with van der Waals surface area (Å²) < 4.78 is 7.68. The molecule has 0 saturated carbocycles. The standard InChI is InChI=1S/C12H16N2OS/c1-10(2)15-8-7-14-6-5-13-12(14)11-4-3-9-16-11/h3-6,9-10H,7-8H2,1-2H3. The number of imidazole rings is 1. The van der Waals surface area contributed by atoms with E-state index in [1.54, 1.807) is 11.3 Å². The molecule has 0 fully saturated rings. The lowest BCUT2D eigenvalue weighted by atomic mass is 10.4. The molecule has 0 unspecified atom stereocenters.